The molecule has 0 aliphatic carbocycles. The van der Waals surface area contributed by atoms with Gasteiger partial charge in [-0.25, -0.2) is 4.39 Å². The van der Waals surface area contributed by atoms with Crippen molar-refractivity contribution in [3.8, 4) is 6.07 Å². The highest BCUT2D eigenvalue weighted by atomic mass is 19.1. The summed E-state index contributed by atoms with van der Waals surface area (Å²) in [6, 6.07) is 14.8. The van der Waals surface area contributed by atoms with Gasteiger partial charge in [0, 0.05) is 0 Å². The van der Waals surface area contributed by atoms with Crippen molar-refractivity contribution in [2.45, 2.75) is 12.8 Å². The van der Waals surface area contributed by atoms with E-state index >= 15 is 0 Å². The summed E-state index contributed by atoms with van der Waals surface area (Å²) >= 11 is 0. The topological polar surface area (TPSA) is 40.9 Å². The standard InChI is InChI=1S/C16H12FNO/c1-11-5-4-6-12(9-11)14(10-18)16(19)13-7-2-3-8-15(13)17/h2-9,14H,1H3. The Morgan fingerprint density at radius 2 is 1.95 bits per heavy atom. The van der Waals surface area contributed by atoms with Crippen LogP contribution in [-0.4, -0.2) is 5.78 Å². The summed E-state index contributed by atoms with van der Waals surface area (Å²) in [5.74, 6) is -2.08. The smallest absolute Gasteiger partial charge is 0.187 e. The Kier molecular flexibility index (Phi) is 3.72. The number of carbonyl (C=O) groups is 1. The average molecular weight is 253 g/mol. The number of hydrogen-bond acceptors (Lipinski definition) is 2. The number of ketones is 1. The Hall–Kier alpha value is -2.47. The lowest BCUT2D eigenvalue weighted by Gasteiger charge is -2.10. The number of nitriles is 1. The first kappa shape index (κ1) is 13.0. The SMILES string of the molecule is Cc1cccc(C(C#N)C(=O)c2ccccc2F)c1. The third-order valence-corrected chi connectivity index (χ3v) is 2.91. The second-order valence-corrected chi connectivity index (χ2v) is 4.32. The van der Waals surface area contributed by atoms with Crippen LogP contribution in [0, 0.1) is 24.1 Å². The molecule has 2 nitrogen and oxygen atoms in total. The largest absolute Gasteiger partial charge is 0.292 e. The zero-order valence-electron chi connectivity index (χ0n) is 10.4. The molecule has 2 aromatic carbocycles. The van der Waals surface area contributed by atoms with E-state index < -0.39 is 17.5 Å². The molecular weight excluding hydrogens is 241 g/mol. The summed E-state index contributed by atoms with van der Waals surface area (Å²) in [5, 5.41) is 9.20. The minimum Gasteiger partial charge on any atom is -0.292 e. The number of nitrogens with zero attached hydrogens (tertiary/aromatic N) is 1. The molecule has 0 saturated carbocycles. The molecule has 0 fully saturated rings. The lowest BCUT2D eigenvalue weighted by atomic mass is 9.91. The maximum atomic E-state index is 13.6. The van der Waals surface area contributed by atoms with Crippen molar-refractivity contribution < 1.29 is 9.18 Å². The maximum absolute atomic E-state index is 13.6. The van der Waals surface area contributed by atoms with Crippen molar-refractivity contribution in [3.05, 3.63) is 71.0 Å². The molecule has 2 rings (SSSR count). The van der Waals surface area contributed by atoms with Crippen LogP contribution in [-0.2, 0) is 0 Å². The summed E-state index contributed by atoms with van der Waals surface area (Å²) < 4.78 is 13.6. The Labute approximate surface area is 111 Å². The van der Waals surface area contributed by atoms with Crippen LogP contribution in [0.2, 0.25) is 0 Å². The summed E-state index contributed by atoms with van der Waals surface area (Å²) in [5.41, 5.74) is 1.50. The predicted molar refractivity (Wildman–Crippen MR) is 70.3 cm³/mol. The number of carbonyl (C=O) groups excluding carboxylic acids is 1. The van der Waals surface area contributed by atoms with Crippen LogP contribution in [0.5, 0.6) is 0 Å². The van der Waals surface area contributed by atoms with E-state index in [4.69, 9.17) is 0 Å². The normalized spacial score (nSPS) is 11.6. The minimum absolute atomic E-state index is 0.0458. The van der Waals surface area contributed by atoms with Crippen LogP contribution in [0.15, 0.2) is 48.5 Å². The molecule has 0 bridgehead atoms. The maximum Gasteiger partial charge on any atom is 0.187 e. The molecule has 1 atom stereocenters. The molecule has 0 amide bonds. The molecule has 3 heteroatoms. The molecule has 0 aromatic heterocycles. The fourth-order valence-corrected chi connectivity index (χ4v) is 1.95. The Morgan fingerprint density at radius 1 is 1.21 bits per heavy atom. The van der Waals surface area contributed by atoms with E-state index in [0.29, 0.717) is 5.56 Å². The van der Waals surface area contributed by atoms with E-state index in [0.717, 1.165) is 5.56 Å². The van der Waals surface area contributed by atoms with Crippen LogP contribution < -0.4 is 0 Å². The van der Waals surface area contributed by atoms with Gasteiger partial charge < -0.3 is 0 Å². The van der Waals surface area contributed by atoms with E-state index in [1.165, 1.54) is 18.2 Å². The van der Waals surface area contributed by atoms with Crippen LogP contribution in [0.4, 0.5) is 4.39 Å². The number of hydrogen-bond donors (Lipinski definition) is 0. The number of rotatable bonds is 3. The van der Waals surface area contributed by atoms with Crippen molar-refractivity contribution in [1.82, 2.24) is 0 Å². The predicted octanol–water partition coefficient (Wildman–Crippen LogP) is 3.62. The summed E-state index contributed by atoms with van der Waals surface area (Å²) in [7, 11) is 0. The second kappa shape index (κ2) is 5.45. The van der Waals surface area contributed by atoms with Gasteiger partial charge in [-0.05, 0) is 24.6 Å². The highest BCUT2D eigenvalue weighted by Crippen LogP contribution is 2.22. The van der Waals surface area contributed by atoms with Gasteiger partial charge in [-0.3, -0.25) is 4.79 Å². The molecule has 0 aliphatic heterocycles. The van der Waals surface area contributed by atoms with Gasteiger partial charge in [0.05, 0.1) is 11.6 Å². The van der Waals surface area contributed by atoms with Gasteiger partial charge in [0.15, 0.2) is 5.78 Å². The van der Waals surface area contributed by atoms with Crippen LogP contribution in [0.25, 0.3) is 0 Å². The third-order valence-electron chi connectivity index (χ3n) is 2.91. The second-order valence-electron chi connectivity index (χ2n) is 4.32. The van der Waals surface area contributed by atoms with Gasteiger partial charge in [0.25, 0.3) is 0 Å². The van der Waals surface area contributed by atoms with Gasteiger partial charge in [-0.1, -0.05) is 42.0 Å². The van der Waals surface area contributed by atoms with Crippen molar-refractivity contribution in [2.75, 3.05) is 0 Å². The quantitative estimate of drug-likeness (QED) is 0.784. The lowest BCUT2D eigenvalue weighted by molar-refractivity contribution is 0.0975. The van der Waals surface area contributed by atoms with Crippen LogP contribution in [0.1, 0.15) is 27.4 Å². The molecule has 0 N–H and O–H groups in total. The van der Waals surface area contributed by atoms with Crippen molar-refractivity contribution in [1.29, 1.82) is 5.26 Å². The Balaban J connectivity index is 2.42. The molecule has 19 heavy (non-hydrogen) atoms. The summed E-state index contributed by atoms with van der Waals surface area (Å²) in [6.45, 7) is 1.88. The molecule has 0 radical (unpaired) electrons. The first-order valence-electron chi connectivity index (χ1n) is 5.88. The van der Waals surface area contributed by atoms with Gasteiger partial charge in [0.1, 0.15) is 11.7 Å². The van der Waals surface area contributed by atoms with Crippen LogP contribution in [0.3, 0.4) is 0 Å². The minimum atomic E-state index is -0.975. The molecule has 0 spiro atoms. The summed E-state index contributed by atoms with van der Waals surface area (Å²) in [4.78, 5) is 12.2. The fourth-order valence-electron chi connectivity index (χ4n) is 1.95. The van der Waals surface area contributed by atoms with Gasteiger partial charge in [-0.15, -0.1) is 0 Å². The van der Waals surface area contributed by atoms with Gasteiger partial charge >= 0.3 is 0 Å². The number of benzene rings is 2. The van der Waals surface area contributed by atoms with Crippen molar-refractivity contribution in [2.24, 2.45) is 0 Å². The molecule has 94 valence electrons. The van der Waals surface area contributed by atoms with E-state index in [1.54, 1.807) is 24.3 Å². The zero-order chi connectivity index (χ0) is 13.8. The highest BCUT2D eigenvalue weighted by Gasteiger charge is 2.23. The third kappa shape index (κ3) is 2.69. The molecule has 0 heterocycles. The van der Waals surface area contributed by atoms with E-state index in [-0.39, 0.29) is 5.56 Å². The highest BCUT2D eigenvalue weighted by molar-refractivity contribution is 6.02. The first-order valence-corrected chi connectivity index (χ1v) is 5.88. The van der Waals surface area contributed by atoms with Crippen LogP contribution >= 0.6 is 0 Å². The number of Topliss-reactive ketones (excluding diaryl/α,β-unsaturated/α-hetero) is 1. The Bertz CT molecular complexity index is 658. The van der Waals surface area contributed by atoms with Gasteiger partial charge in [-0.2, -0.15) is 5.26 Å². The van der Waals surface area contributed by atoms with E-state index in [2.05, 4.69) is 0 Å². The first-order chi connectivity index (χ1) is 9.13. The number of aryl methyl sites for hydroxylation is 1. The fraction of sp³-hybridized carbons (Fsp3) is 0.125. The van der Waals surface area contributed by atoms with Crippen molar-refractivity contribution in [3.63, 3.8) is 0 Å². The van der Waals surface area contributed by atoms with Gasteiger partial charge in [0.2, 0.25) is 0 Å². The molecule has 0 aliphatic rings. The molecule has 0 saturated heterocycles. The molecule has 1 unspecified atom stereocenters. The summed E-state index contributed by atoms with van der Waals surface area (Å²) in [6.07, 6.45) is 0. The average Bonchev–Trinajstić information content (AvgIpc) is 2.40. The zero-order valence-corrected chi connectivity index (χ0v) is 10.4. The lowest BCUT2D eigenvalue weighted by Crippen LogP contribution is -2.13. The van der Waals surface area contributed by atoms with Crippen molar-refractivity contribution >= 4 is 5.78 Å². The Morgan fingerprint density at radius 3 is 2.58 bits per heavy atom. The number of halogens is 1. The van der Waals surface area contributed by atoms with E-state index in [9.17, 15) is 14.4 Å². The van der Waals surface area contributed by atoms with E-state index in [1.807, 2.05) is 19.1 Å². The molecule has 2 aromatic rings. The monoisotopic (exact) mass is 253 g/mol. The molecular formula is C16H12FNO.